The van der Waals surface area contributed by atoms with E-state index in [-0.39, 0.29) is 6.61 Å². The van der Waals surface area contributed by atoms with Crippen LogP contribution < -0.4 is 0 Å². The third-order valence-electron chi connectivity index (χ3n) is 4.86. The van der Waals surface area contributed by atoms with Crippen LogP contribution in [0.4, 0.5) is 0 Å². The molecule has 0 heterocycles. The van der Waals surface area contributed by atoms with Gasteiger partial charge in [0.1, 0.15) is 0 Å². The number of hydrogen-bond acceptors (Lipinski definition) is 5. The molecule has 0 aromatic rings. The van der Waals surface area contributed by atoms with Crippen molar-refractivity contribution in [2.24, 2.45) is 0 Å². The normalized spacial score (nSPS) is 13.0. The minimum absolute atomic E-state index is 0.0822. The van der Waals surface area contributed by atoms with Gasteiger partial charge in [0, 0.05) is 6.61 Å². The molecule has 0 aliphatic heterocycles. The Hall–Kier alpha value is -0.690. The van der Waals surface area contributed by atoms with Crippen molar-refractivity contribution < 1.29 is 30.0 Å². The van der Waals surface area contributed by atoms with Crippen molar-refractivity contribution in [3.8, 4) is 0 Å². The Morgan fingerprint density at radius 1 is 0.704 bits per heavy atom. The molecule has 6 heteroatoms. The minimum atomic E-state index is -3.35. The van der Waals surface area contributed by atoms with E-state index in [4.69, 9.17) is 25.2 Å². The second kappa shape index (κ2) is 17.4. The summed E-state index contributed by atoms with van der Waals surface area (Å²) >= 11 is 0. The van der Waals surface area contributed by atoms with E-state index in [1.807, 2.05) is 0 Å². The highest BCUT2D eigenvalue weighted by Gasteiger charge is 2.39. The number of hydrogen-bond donors (Lipinski definition) is 4. The maximum absolute atomic E-state index is 10.7. The summed E-state index contributed by atoms with van der Waals surface area (Å²) in [7, 11) is 0. The van der Waals surface area contributed by atoms with E-state index in [0.717, 1.165) is 19.3 Å². The third kappa shape index (κ3) is 17.2. The largest absolute Gasteiger partial charge is 0.479 e. The molecule has 0 bridgehead atoms. The molecule has 27 heavy (non-hydrogen) atoms. The van der Waals surface area contributed by atoms with Crippen molar-refractivity contribution in [2.45, 2.75) is 122 Å². The van der Waals surface area contributed by atoms with Gasteiger partial charge in [-0.1, -0.05) is 103 Å². The fourth-order valence-corrected chi connectivity index (χ4v) is 3.20. The Kier molecular flexibility index (Phi) is 17.0. The predicted molar refractivity (Wildman–Crippen MR) is 106 cm³/mol. The van der Waals surface area contributed by atoms with Gasteiger partial charge in [-0.3, -0.25) is 0 Å². The van der Waals surface area contributed by atoms with E-state index < -0.39 is 18.0 Å². The lowest BCUT2D eigenvalue weighted by atomic mass is 10.0. The van der Waals surface area contributed by atoms with Crippen molar-refractivity contribution in [3.63, 3.8) is 0 Å². The first kappa shape index (κ1) is 26.3. The van der Waals surface area contributed by atoms with Crippen molar-refractivity contribution in [2.75, 3.05) is 6.61 Å². The van der Waals surface area contributed by atoms with Crippen LogP contribution in [0.2, 0.25) is 0 Å². The van der Waals surface area contributed by atoms with Gasteiger partial charge in [-0.15, -0.1) is 0 Å². The average molecular weight is 391 g/mol. The quantitative estimate of drug-likeness (QED) is 0.182. The van der Waals surface area contributed by atoms with E-state index in [1.165, 1.54) is 77.0 Å². The molecule has 6 nitrogen and oxygen atoms in total. The first-order valence-corrected chi connectivity index (χ1v) is 10.9. The molecule has 0 amide bonds. The molecule has 0 saturated carbocycles. The van der Waals surface area contributed by atoms with Gasteiger partial charge < -0.3 is 25.2 Å². The Bertz CT molecular complexity index is 340. The second-order valence-electron chi connectivity index (χ2n) is 7.58. The zero-order chi connectivity index (χ0) is 20.4. The van der Waals surface area contributed by atoms with Crippen LogP contribution in [-0.4, -0.2) is 45.1 Å². The van der Waals surface area contributed by atoms with Gasteiger partial charge in [-0.25, -0.2) is 4.79 Å². The Morgan fingerprint density at radius 2 is 1.04 bits per heavy atom. The molecule has 0 aromatic heterocycles. The lowest BCUT2D eigenvalue weighted by Crippen LogP contribution is -2.48. The Balaban J connectivity index is 3.28. The molecule has 1 unspecified atom stereocenters. The highest BCUT2D eigenvalue weighted by molar-refractivity contribution is 5.73. The number of ether oxygens (including phenoxy) is 1. The number of unbranched alkanes of at least 4 members (excludes halogenated alkanes) is 15. The summed E-state index contributed by atoms with van der Waals surface area (Å²) in [5, 5.41) is 35.4. The van der Waals surface area contributed by atoms with Gasteiger partial charge in [0.05, 0.1) is 0 Å². The molecule has 0 aliphatic carbocycles. The molecule has 0 radical (unpaired) electrons. The molecule has 0 rings (SSSR count). The second-order valence-corrected chi connectivity index (χ2v) is 7.58. The van der Waals surface area contributed by atoms with Crippen LogP contribution in [0.15, 0.2) is 0 Å². The standard InChI is InChI=1S/C21H42O6/c1-2-3-4-5-6-7-8-9-10-11-12-13-14-15-16-17-18-27-19(20(22)23)21(24,25)26/h19,24-26H,2-18H2,1H3,(H,22,23). The van der Waals surface area contributed by atoms with E-state index in [1.54, 1.807) is 0 Å². The zero-order valence-electron chi connectivity index (χ0n) is 17.2. The summed E-state index contributed by atoms with van der Waals surface area (Å²) in [5.41, 5.74) is 0. The maximum Gasteiger partial charge on any atom is 0.341 e. The number of carboxylic acid groups (broad SMARTS) is 1. The smallest absolute Gasteiger partial charge is 0.341 e. The lowest BCUT2D eigenvalue weighted by molar-refractivity contribution is -0.355. The summed E-state index contributed by atoms with van der Waals surface area (Å²) in [6.07, 6.45) is 17.9. The zero-order valence-corrected chi connectivity index (χ0v) is 17.2. The van der Waals surface area contributed by atoms with Gasteiger partial charge in [0.2, 0.25) is 6.10 Å². The topological polar surface area (TPSA) is 107 Å². The molecular formula is C21H42O6. The first-order chi connectivity index (χ1) is 12.9. The molecule has 0 saturated heterocycles. The van der Waals surface area contributed by atoms with Crippen LogP contribution in [0.25, 0.3) is 0 Å². The molecule has 0 spiro atoms. The molecule has 0 fully saturated rings. The molecule has 4 N–H and O–H groups in total. The van der Waals surface area contributed by atoms with Crippen LogP contribution in [0, 0.1) is 0 Å². The summed E-state index contributed by atoms with van der Waals surface area (Å²) < 4.78 is 4.84. The van der Waals surface area contributed by atoms with E-state index in [9.17, 15) is 4.79 Å². The van der Waals surface area contributed by atoms with E-state index in [0.29, 0.717) is 6.42 Å². The number of carbonyl (C=O) groups is 1. The number of aliphatic hydroxyl groups is 3. The van der Waals surface area contributed by atoms with Crippen molar-refractivity contribution in [1.82, 2.24) is 0 Å². The monoisotopic (exact) mass is 390 g/mol. The molecule has 0 aromatic carbocycles. The van der Waals surface area contributed by atoms with Crippen LogP contribution in [0.5, 0.6) is 0 Å². The Morgan fingerprint density at radius 3 is 1.33 bits per heavy atom. The molecule has 0 aliphatic rings. The van der Waals surface area contributed by atoms with Crippen LogP contribution >= 0.6 is 0 Å². The van der Waals surface area contributed by atoms with Crippen LogP contribution in [0.3, 0.4) is 0 Å². The fourth-order valence-electron chi connectivity index (χ4n) is 3.20. The predicted octanol–water partition coefficient (Wildman–Crippen LogP) is 4.35. The summed E-state index contributed by atoms with van der Waals surface area (Å²) in [5.74, 6) is -4.94. The van der Waals surface area contributed by atoms with Gasteiger partial charge >= 0.3 is 11.9 Å². The fraction of sp³-hybridized carbons (Fsp3) is 0.952. The lowest BCUT2D eigenvalue weighted by Gasteiger charge is -2.22. The van der Waals surface area contributed by atoms with Crippen LogP contribution in [-0.2, 0) is 9.53 Å². The van der Waals surface area contributed by atoms with Gasteiger partial charge in [0.25, 0.3) is 0 Å². The molecule has 1 atom stereocenters. The van der Waals surface area contributed by atoms with Crippen molar-refractivity contribution in [1.29, 1.82) is 0 Å². The van der Waals surface area contributed by atoms with Gasteiger partial charge in [-0.2, -0.15) is 0 Å². The van der Waals surface area contributed by atoms with Gasteiger partial charge in [0.15, 0.2) is 0 Å². The molecular weight excluding hydrogens is 348 g/mol. The van der Waals surface area contributed by atoms with Gasteiger partial charge in [-0.05, 0) is 6.42 Å². The van der Waals surface area contributed by atoms with E-state index in [2.05, 4.69) is 6.92 Å². The Labute approximate surface area is 164 Å². The third-order valence-corrected chi connectivity index (χ3v) is 4.86. The summed E-state index contributed by atoms with van der Waals surface area (Å²) in [4.78, 5) is 10.7. The average Bonchev–Trinajstić information content (AvgIpc) is 2.59. The first-order valence-electron chi connectivity index (χ1n) is 10.9. The number of aliphatic carboxylic acids is 1. The van der Waals surface area contributed by atoms with Crippen molar-refractivity contribution >= 4 is 5.97 Å². The van der Waals surface area contributed by atoms with E-state index >= 15 is 0 Å². The van der Waals surface area contributed by atoms with Crippen molar-refractivity contribution in [3.05, 3.63) is 0 Å². The van der Waals surface area contributed by atoms with Crippen LogP contribution in [0.1, 0.15) is 110 Å². The number of rotatable bonds is 20. The summed E-state index contributed by atoms with van der Waals surface area (Å²) in [6, 6.07) is 0. The highest BCUT2D eigenvalue weighted by Crippen LogP contribution is 2.14. The SMILES string of the molecule is CCCCCCCCCCCCCCCCCCOC(C(=O)O)C(O)(O)O. The highest BCUT2D eigenvalue weighted by atomic mass is 16.7. The molecule has 162 valence electrons. The minimum Gasteiger partial charge on any atom is -0.479 e. The number of carboxylic acids is 1. The maximum atomic E-state index is 10.7. The summed E-state index contributed by atoms with van der Waals surface area (Å²) in [6.45, 7) is 2.33.